The summed E-state index contributed by atoms with van der Waals surface area (Å²) < 4.78 is 0. The second-order valence-electron chi connectivity index (χ2n) is 5.79. The van der Waals surface area contributed by atoms with E-state index in [0.29, 0.717) is 5.56 Å². The van der Waals surface area contributed by atoms with Crippen LogP contribution in [-0.4, -0.2) is 19.9 Å². The third-order valence-electron chi connectivity index (χ3n) is 3.86. The molecule has 0 fully saturated rings. The van der Waals surface area contributed by atoms with Crippen molar-refractivity contribution in [2.45, 2.75) is 6.92 Å². The minimum absolute atomic E-state index is 0.592. The van der Waals surface area contributed by atoms with E-state index >= 15 is 0 Å². The quantitative estimate of drug-likeness (QED) is 0.565. The lowest BCUT2D eigenvalue weighted by atomic mass is 10.1. The van der Waals surface area contributed by atoms with Crippen molar-refractivity contribution in [2.75, 3.05) is 5.32 Å². The molecule has 0 amide bonds. The number of hydrogen-bond acceptors (Lipinski definition) is 7. The highest BCUT2D eigenvalue weighted by Gasteiger charge is 2.17. The molecule has 4 rings (SSSR count). The van der Waals surface area contributed by atoms with Crippen molar-refractivity contribution in [3.8, 4) is 27.9 Å². The smallest absolute Gasteiger partial charge is 0.188 e. The summed E-state index contributed by atoms with van der Waals surface area (Å²) in [5, 5.41) is 13.3. The Morgan fingerprint density at radius 1 is 1.07 bits per heavy atom. The monoisotopic (exact) mass is 370 g/mol. The summed E-state index contributed by atoms with van der Waals surface area (Å²) in [6.07, 6.45) is 5.00. The Balaban J connectivity index is 1.83. The lowest BCUT2D eigenvalue weighted by Crippen LogP contribution is -1.90. The van der Waals surface area contributed by atoms with Gasteiger partial charge in [0.05, 0.1) is 27.9 Å². The molecule has 0 aliphatic heterocycles. The van der Waals surface area contributed by atoms with E-state index < -0.39 is 0 Å². The molecule has 1 N–H and O–H groups in total. The first-order valence-electron chi connectivity index (χ1n) is 8.20. The van der Waals surface area contributed by atoms with Crippen molar-refractivity contribution in [2.24, 2.45) is 0 Å². The zero-order chi connectivity index (χ0) is 18.6. The van der Waals surface area contributed by atoms with Crippen LogP contribution in [0.4, 0.5) is 10.8 Å². The second kappa shape index (κ2) is 7.32. The van der Waals surface area contributed by atoms with Crippen LogP contribution in [0.5, 0.6) is 0 Å². The van der Waals surface area contributed by atoms with Crippen LogP contribution in [0.1, 0.15) is 11.3 Å². The largest absolute Gasteiger partial charge is 0.331 e. The maximum absolute atomic E-state index is 9.23. The fourth-order valence-electron chi connectivity index (χ4n) is 2.62. The zero-order valence-corrected chi connectivity index (χ0v) is 15.2. The Hall–Kier alpha value is -3.63. The maximum Gasteiger partial charge on any atom is 0.188 e. The average Bonchev–Trinajstić information content (AvgIpc) is 3.13. The molecule has 0 aliphatic carbocycles. The van der Waals surface area contributed by atoms with Gasteiger partial charge in [-0.15, -0.1) is 0 Å². The summed E-state index contributed by atoms with van der Waals surface area (Å²) in [4.78, 5) is 18.3. The number of pyridine rings is 1. The summed E-state index contributed by atoms with van der Waals surface area (Å²) in [5.74, 6) is 0. The minimum atomic E-state index is 0.592. The summed E-state index contributed by atoms with van der Waals surface area (Å²) in [6.45, 7) is 1.93. The number of thiazole rings is 1. The molecule has 6 nitrogen and oxygen atoms in total. The zero-order valence-electron chi connectivity index (χ0n) is 14.4. The molecular weight excluding hydrogens is 356 g/mol. The SMILES string of the molecule is Cc1cc(-c2sc(Nc3ccncc3)nc2-c2cccc(C#N)c2)ncn1. The van der Waals surface area contributed by atoms with Crippen molar-refractivity contribution >= 4 is 22.2 Å². The van der Waals surface area contributed by atoms with Gasteiger partial charge in [-0.1, -0.05) is 23.5 Å². The van der Waals surface area contributed by atoms with Crippen LogP contribution in [0.25, 0.3) is 21.8 Å². The molecule has 1 aromatic carbocycles. The maximum atomic E-state index is 9.23. The number of nitrogens with one attached hydrogen (secondary N) is 1. The Labute approximate surface area is 160 Å². The van der Waals surface area contributed by atoms with Crippen LogP contribution in [0.15, 0.2) is 61.2 Å². The van der Waals surface area contributed by atoms with E-state index in [1.807, 2.05) is 43.3 Å². The fourth-order valence-corrected chi connectivity index (χ4v) is 3.59. The van der Waals surface area contributed by atoms with Gasteiger partial charge in [-0.2, -0.15) is 5.26 Å². The van der Waals surface area contributed by atoms with E-state index in [0.717, 1.165) is 38.3 Å². The summed E-state index contributed by atoms with van der Waals surface area (Å²) in [7, 11) is 0. The highest BCUT2D eigenvalue weighted by molar-refractivity contribution is 7.19. The third kappa shape index (κ3) is 3.66. The number of benzene rings is 1. The summed E-state index contributed by atoms with van der Waals surface area (Å²) in [6, 6.07) is 15.3. The van der Waals surface area contributed by atoms with Gasteiger partial charge in [-0.3, -0.25) is 4.98 Å². The molecular formula is C20H14N6S. The highest BCUT2D eigenvalue weighted by Crippen LogP contribution is 2.39. The van der Waals surface area contributed by atoms with Crippen molar-refractivity contribution in [3.05, 3.63) is 72.4 Å². The Morgan fingerprint density at radius 3 is 2.70 bits per heavy atom. The number of aryl methyl sites for hydroxylation is 1. The number of rotatable bonds is 4. The predicted molar refractivity (Wildman–Crippen MR) is 106 cm³/mol. The topological polar surface area (TPSA) is 87.4 Å². The van der Waals surface area contributed by atoms with Crippen molar-refractivity contribution < 1.29 is 0 Å². The Morgan fingerprint density at radius 2 is 1.93 bits per heavy atom. The van der Waals surface area contributed by atoms with Crippen LogP contribution in [-0.2, 0) is 0 Å². The van der Waals surface area contributed by atoms with E-state index in [4.69, 9.17) is 4.98 Å². The molecule has 0 atom stereocenters. The average molecular weight is 370 g/mol. The molecule has 0 saturated carbocycles. The van der Waals surface area contributed by atoms with Crippen molar-refractivity contribution in [1.82, 2.24) is 19.9 Å². The van der Waals surface area contributed by atoms with Gasteiger partial charge in [-0.05, 0) is 37.3 Å². The molecule has 0 saturated heterocycles. The van der Waals surface area contributed by atoms with Crippen LogP contribution in [0, 0.1) is 18.3 Å². The van der Waals surface area contributed by atoms with Gasteiger partial charge in [0.15, 0.2) is 5.13 Å². The number of anilines is 2. The molecule has 3 heterocycles. The van der Waals surface area contributed by atoms with E-state index in [1.165, 1.54) is 11.3 Å². The minimum Gasteiger partial charge on any atom is -0.331 e. The van der Waals surface area contributed by atoms with E-state index in [2.05, 4.69) is 26.3 Å². The van der Waals surface area contributed by atoms with Crippen molar-refractivity contribution in [1.29, 1.82) is 5.26 Å². The van der Waals surface area contributed by atoms with Crippen LogP contribution < -0.4 is 5.32 Å². The van der Waals surface area contributed by atoms with E-state index in [-0.39, 0.29) is 0 Å². The van der Waals surface area contributed by atoms with Crippen molar-refractivity contribution in [3.63, 3.8) is 0 Å². The molecule has 130 valence electrons. The Bertz CT molecular complexity index is 1130. The third-order valence-corrected chi connectivity index (χ3v) is 4.85. The standard InChI is InChI=1S/C20H14N6S/c1-13-9-17(24-12-23-13)19-18(15-4-2-3-14(10-15)11-21)26-20(27-19)25-16-5-7-22-8-6-16/h2-10,12H,1H3,(H,22,25,26). The van der Waals surface area contributed by atoms with Crippen LogP contribution in [0.3, 0.4) is 0 Å². The molecule has 27 heavy (non-hydrogen) atoms. The molecule has 0 spiro atoms. The first-order chi connectivity index (χ1) is 13.2. The molecule has 0 bridgehead atoms. The van der Waals surface area contributed by atoms with Gasteiger partial charge < -0.3 is 5.32 Å². The Kier molecular flexibility index (Phi) is 4.56. The number of hydrogen-bond donors (Lipinski definition) is 1. The van der Waals surface area contributed by atoms with Crippen LogP contribution in [0.2, 0.25) is 0 Å². The summed E-state index contributed by atoms with van der Waals surface area (Å²) in [5.41, 5.74) is 4.84. The van der Waals surface area contributed by atoms with Crippen LogP contribution >= 0.6 is 11.3 Å². The second-order valence-corrected chi connectivity index (χ2v) is 6.79. The highest BCUT2D eigenvalue weighted by atomic mass is 32.1. The van der Waals surface area contributed by atoms with Gasteiger partial charge in [0, 0.05) is 29.3 Å². The number of nitrogens with zero attached hydrogens (tertiary/aromatic N) is 5. The normalized spacial score (nSPS) is 10.4. The molecule has 0 radical (unpaired) electrons. The first kappa shape index (κ1) is 16.8. The van der Waals surface area contributed by atoms with Gasteiger partial charge in [-0.25, -0.2) is 15.0 Å². The van der Waals surface area contributed by atoms with Gasteiger partial charge in [0.2, 0.25) is 0 Å². The summed E-state index contributed by atoms with van der Waals surface area (Å²) >= 11 is 1.51. The van der Waals surface area contributed by atoms with Gasteiger partial charge >= 0.3 is 0 Å². The van der Waals surface area contributed by atoms with Gasteiger partial charge in [0.1, 0.15) is 6.33 Å². The number of nitriles is 1. The van der Waals surface area contributed by atoms with E-state index in [1.54, 1.807) is 24.8 Å². The molecule has 3 aromatic heterocycles. The molecule has 4 aromatic rings. The van der Waals surface area contributed by atoms with E-state index in [9.17, 15) is 5.26 Å². The lowest BCUT2D eigenvalue weighted by molar-refractivity contribution is 1.11. The molecule has 7 heteroatoms. The fraction of sp³-hybridized carbons (Fsp3) is 0.0500. The number of aromatic nitrogens is 4. The predicted octanol–water partition coefficient (Wildman–Crippen LogP) is 4.59. The molecule has 0 aliphatic rings. The first-order valence-corrected chi connectivity index (χ1v) is 9.02. The molecule has 0 unspecified atom stereocenters. The lowest BCUT2D eigenvalue weighted by Gasteiger charge is -2.03. The van der Waals surface area contributed by atoms with Gasteiger partial charge in [0.25, 0.3) is 0 Å².